The number of aromatic nitrogens is 2. The number of ether oxygens (including phenoxy) is 2. The monoisotopic (exact) mass is 471 g/mol. The lowest BCUT2D eigenvalue weighted by Crippen LogP contribution is -2.23. The van der Waals surface area contributed by atoms with Gasteiger partial charge in [0, 0.05) is 30.6 Å². The molecule has 0 saturated carbocycles. The van der Waals surface area contributed by atoms with E-state index in [9.17, 15) is 9.59 Å². The van der Waals surface area contributed by atoms with Crippen LogP contribution in [-0.4, -0.2) is 34.5 Å². The van der Waals surface area contributed by atoms with Gasteiger partial charge in [-0.05, 0) is 61.9 Å². The number of Topliss-reactive ketones (excluding diaryl/α,β-unsaturated/α-hetero) is 1. The van der Waals surface area contributed by atoms with E-state index >= 15 is 0 Å². The van der Waals surface area contributed by atoms with Gasteiger partial charge in [0.25, 0.3) is 0 Å². The second-order valence-electron chi connectivity index (χ2n) is 8.00. The van der Waals surface area contributed by atoms with Gasteiger partial charge in [0.1, 0.15) is 6.33 Å². The van der Waals surface area contributed by atoms with Crippen molar-refractivity contribution in [1.29, 1.82) is 0 Å². The molecule has 0 aliphatic carbocycles. The number of hydrogen-bond acceptors (Lipinski definition) is 5. The van der Waals surface area contributed by atoms with Gasteiger partial charge in [-0.3, -0.25) is 14.2 Å². The molecule has 1 amide bonds. The fraction of sp³-hybridized carbons (Fsp3) is 0.250. The molecule has 1 N–H and O–H groups in total. The Morgan fingerprint density at radius 1 is 0.886 bits per heavy atom. The van der Waals surface area contributed by atoms with Crippen LogP contribution in [0.25, 0.3) is 16.7 Å². The molecule has 0 atom stereocenters. The molecular weight excluding hydrogens is 442 g/mol. The van der Waals surface area contributed by atoms with Gasteiger partial charge in [-0.25, -0.2) is 4.98 Å². The van der Waals surface area contributed by atoms with Crippen molar-refractivity contribution in [3.8, 4) is 17.2 Å². The van der Waals surface area contributed by atoms with Crippen LogP contribution in [0, 0.1) is 0 Å². The lowest BCUT2D eigenvalue weighted by atomic mass is 10.1. The summed E-state index contributed by atoms with van der Waals surface area (Å²) in [5.41, 5.74) is 4.47. The highest BCUT2D eigenvalue weighted by atomic mass is 16.5. The van der Waals surface area contributed by atoms with Crippen LogP contribution >= 0.6 is 0 Å². The third-order valence-corrected chi connectivity index (χ3v) is 5.60. The van der Waals surface area contributed by atoms with Crippen molar-refractivity contribution in [2.24, 2.45) is 0 Å². The molecule has 1 heterocycles. The highest BCUT2D eigenvalue weighted by Gasteiger charge is 2.13. The van der Waals surface area contributed by atoms with E-state index < -0.39 is 0 Å². The van der Waals surface area contributed by atoms with Crippen molar-refractivity contribution >= 4 is 22.7 Å². The molecular formula is C28H29N3O4. The molecule has 180 valence electrons. The zero-order chi connectivity index (χ0) is 24.6. The van der Waals surface area contributed by atoms with E-state index in [-0.39, 0.29) is 24.5 Å². The summed E-state index contributed by atoms with van der Waals surface area (Å²) in [4.78, 5) is 29.4. The zero-order valence-electron chi connectivity index (χ0n) is 20.0. The number of imidazole rings is 1. The standard InChI is InChI=1S/C28H29N3O4/c1-3-34-26-15-11-21(17-27(26)35-4-2)25(32)14-16-28(33)29-18-20-9-12-22(13-10-20)31-19-30-23-7-5-6-8-24(23)31/h5-13,15,17,19H,3-4,14,16,18H2,1-2H3,(H,29,33). The maximum atomic E-state index is 12.6. The lowest BCUT2D eigenvalue weighted by Gasteiger charge is -2.12. The SMILES string of the molecule is CCOc1ccc(C(=O)CCC(=O)NCc2ccc(-n3cnc4ccccc43)cc2)cc1OCC. The largest absolute Gasteiger partial charge is 0.490 e. The Kier molecular flexibility index (Phi) is 7.77. The number of para-hydroxylation sites is 2. The van der Waals surface area contributed by atoms with Crippen molar-refractivity contribution in [3.63, 3.8) is 0 Å². The number of carbonyl (C=O) groups is 2. The summed E-state index contributed by atoms with van der Waals surface area (Å²) >= 11 is 0. The number of benzene rings is 3. The van der Waals surface area contributed by atoms with E-state index in [1.165, 1.54) is 0 Å². The first-order chi connectivity index (χ1) is 17.1. The number of amides is 1. The summed E-state index contributed by atoms with van der Waals surface area (Å²) < 4.78 is 13.2. The number of fused-ring (bicyclic) bond motifs is 1. The van der Waals surface area contributed by atoms with Gasteiger partial charge in [0.05, 0.1) is 24.2 Å². The van der Waals surface area contributed by atoms with Crippen LogP contribution in [-0.2, 0) is 11.3 Å². The van der Waals surface area contributed by atoms with Crippen molar-refractivity contribution < 1.29 is 19.1 Å². The summed E-state index contributed by atoms with van der Waals surface area (Å²) in [6, 6.07) is 21.0. The molecule has 0 spiro atoms. The lowest BCUT2D eigenvalue weighted by molar-refractivity contribution is -0.121. The van der Waals surface area contributed by atoms with E-state index in [4.69, 9.17) is 9.47 Å². The minimum Gasteiger partial charge on any atom is -0.490 e. The van der Waals surface area contributed by atoms with E-state index in [0.29, 0.717) is 36.8 Å². The average Bonchev–Trinajstić information content (AvgIpc) is 3.32. The Bertz CT molecular complexity index is 1310. The maximum absolute atomic E-state index is 12.6. The highest BCUT2D eigenvalue weighted by Crippen LogP contribution is 2.29. The van der Waals surface area contributed by atoms with Crippen LogP contribution in [0.5, 0.6) is 11.5 Å². The van der Waals surface area contributed by atoms with Gasteiger partial charge in [-0.1, -0.05) is 24.3 Å². The minimum atomic E-state index is -0.168. The first-order valence-electron chi connectivity index (χ1n) is 11.8. The van der Waals surface area contributed by atoms with E-state index in [2.05, 4.69) is 10.3 Å². The van der Waals surface area contributed by atoms with Crippen LogP contribution in [0.3, 0.4) is 0 Å². The molecule has 0 aliphatic heterocycles. The predicted molar refractivity (Wildman–Crippen MR) is 135 cm³/mol. The summed E-state index contributed by atoms with van der Waals surface area (Å²) in [5.74, 6) is 0.868. The molecule has 3 aromatic carbocycles. The number of rotatable bonds is 11. The van der Waals surface area contributed by atoms with Crippen molar-refractivity contribution in [2.75, 3.05) is 13.2 Å². The number of hydrogen-bond donors (Lipinski definition) is 1. The van der Waals surface area contributed by atoms with Gasteiger partial charge in [-0.2, -0.15) is 0 Å². The average molecular weight is 472 g/mol. The van der Waals surface area contributed by atoms with Crippen LogP contribution in [0.15, 0.2) is 73.1 Å². The number of nitrogens with one attached hydrogen (secondary N) is 1. The van der Waals surface area contributed by atoms with Crippen LogP contribution in [0.1, 0.15) is 42.6 Å². The minimum absolute atomic E-state index is 0.110. The van der Waals surface area contributed by atoms with E-state index in [1.807, 2.05) is 66.9 Å². The Morgan fingerprint density at radius 2 is 1.63 bits per heavy atom. The zero-order valence-corrected chi connectivity index (χ0v) is 20.0. The van der Waals surface area contributed by atoms with Gasteiger partial charge in [-0.15, -0.1) is 0 Å². The molecule has 0 bridgehead atoms. The normalized spacial score (nSPS) is 10.8. The Balaban J connectivity index is 1.29. The van der Waals surface area contributed by atoms with E-state index in [1.54, 1.807) is 24.5 Å². The first-order valence-corrected chi connectivity index (χ1v) is 11.8. The molecule has 0 unspecified atom stereocenters. The molecule has 4 aromatic rings. The molecule has 7 heteroatoms. The molecule has 0 aliphatic rings. The summed E-state index contributed by atoms with van der Waals surface area (Å²) in [6.45, 7) is 5.15. The summed E-state index contributed by atoms with van der Waals surface area (Å²) in [7, 11) is 0. The van der Waals surface area contributed by atoms with Gasteiger partial charge in [0.2, 0.25) is 5.91 Å². The number of ketones is 1. The molecule has 0 saturated heterocycles. The fourth-order valence-electron chi connectivity index (χ4n) is 3.82. The van der Waals surface area contributed by atoms with Crippen molar-refractivity contribution in [2.45, 2.75) is 33.2 Å². The summed E-state index contributed by atoms with van der Waals surface area (Å²) in [5, 5.41) is 2.89. The molecule has 1 aromatic heterocycles. The van der Waals surface area contributed by atoms with Crippen LogP contribution in [0.4, 0.5) is 0 Å². The van der Waals surface area contributed by atoms with Crippen LogP contribution < -0.4 is 14.8 Å². The Labute approximate surface area is 204 Å². The van der Waals surface area contributed by atoms with Crippen LogP contribution in [0.2, 0.25) is 0 Å². The van der Waals surface area contributed by atoms with Gasteiger partial charge in [0.15, 0.2) is 17.3 Å². The van der Waals surface area contributed by atoms with Crippen molar-refractivity contribution in [3.05, 3.63) is 84.2 Å². The van der Waals surface area contributed by atoms with Gasteiger partial charge < -0.3 is 14.8 Å². The summed E-state index contributed by atoms with van der Waals surface area (Å²) in [6.07, 6.45) is 2.05. The molecule has 7 nitrogen and oxygen atoms in total. The Morgan fingerprint density at radius 3 is 2.40 bits per heavy atom. The van der Waals surface area contributed by atoms with E-state index in [0.717, 1.165) is 22.3 Å². The topological polar surface area (TPSA) is 82.5 Å². The highest BCUT2D eigenvalue weighted by molar-refractivity contribution is 5.98. The second-order valence-corrected chi connectivity index (χ2v) is 8.00. The first kappa shape index (κ1) is 24.0. The molecule has 4 rings (SSSR count). The predicted octanol–water partition coefficient (Wildman–Crippen LogP) is 5.10. The molecule has 0 fully saturated rings. The third kappa shape index (κ3) is 5.87. The maximum Gasteiger partial charge on any atom is 0.220 e. The number of carbonyl (C=O) groups excluding carboxylic acids is 2. The second kappa shape index (κ2) is 11.3. The molecule has 0 radical (unpaired) electrons. The smallest absolute Gasteiger partial charge is 0.220 e. The quantitative estimate of drug-likeness (QED) is 0.308. The fourth-order valence-corrected chi connectivity index (χ4v) is 3.82. The third-order valence-electron chi connectivity index (χ3n) is 5.60. The number of nitrogens with zero attached hydrogens (tertiary/aromatic N) is 2. The molecule has 35 heavy (non-hydrogen) atoms. The Hall–Kier alpha value is -4.13. The van der Waals surface area contributed by atoms with Gasteiger partial charge >= 0.3 is 0 Å². The van der Waals surface area contributed by atoms with Crippen molar-refractivity contribution in [1.82, 2.24) is 14.9 Å².